The van der Waals surface area contributed by atoms with E-state index >= 15 is 0 Å². The topological polar surface area (TPSA) is 82.1 Å². The Bertz CT molecular complexity index is 877. The number of ether oxygens (including phenoxy) is 1. The highest BCUT2D eigenvalue weighted by Gasteiger charge is 2.36. The zero-order chi connectivity index (χ0) is 22.8. The summed E-state index contributed by atoms with van der Waals surface area (Å²) in [5.74, 6) is -0.805. The van der Waals surface area contributed by atoms with Gasteiger partial charge in [-0.1, -0.05) is 6.92 Å². The van der Waals surface area contributed by atoms with Crippen LogP contribution in [0.15, 0.2) is 29.5 Å². The lowest BCUT2D eigenvalue weighted by Crippen LogP contribution is -2.34. The van der Waals surface area contributed by atoms with E-state index in [0.717, 1.165) is 32.1 Å². The van der Waals surface area contributed by atoms with Gasteiger partial charge in [-0.05, 0) is 37.0 Å². The van der Waals surface area contributed by atoms with Crippen molar-refractivity contribution in [3.8, 4) is 0 Å². The van der Waals surface area contributed by atoms with Crippen LogP contribution in [0.3, 0.4) is 0 Å². The largest absolute Gasteiger partial charge is 0.466 e. The number of β-amino-alcohol motifs (C(OH)–C–C–N with tert-alkyl or cyclic N) is 1. The molecule has 0 bridgehead atoms. The van der Waals surface area contributed by atoms with Gasteiger partial charge in [0, 0.05) is 19.6 Å². The van der Waals surface area contributed by atoms with Gasteiger partial charge in [-0.3, -0.25) is 4.79 Å². The number of hydrogen-bond acceptors (Lipinski definition) is 6. The van der Waals surface area contributed by atoms with Gasteiger partial charge in [-0.15, -0.1) is 0 Å². The predicted octanol–water partition coefficient (Wildman–Crippen LogP) is 2.62. The monoisotopic (exact) mass is 441 g/mol. The molecular weight excluding hydrogens is 415 g/mol. The Morgan fingerprint density at radius 2 is 1.97 bits per heavy atom. The molecule has 1 aromatic rings. The van der Waals surface area contributed by atoms with Crippen molar-refractivity contribution in [1.82, 2.24) is 4.90 Å². The second kappa shape index (κ2) is 9.17. The first-order valence-corrected chi connectivity index (χ1v) is 10.1. The number of anilines is 2. The number of benzene rings is 1. The van der Waals surface area contributed by atoms with Gasteiger partial charge >= 0.3 is 12.1 Å². The normalized spacial score (nSPS) is 18.1. The molecule has 0 unspecified atom stereocenters. The van der Waals surface area contributed by atoms with Crippen LogP contribution in [0.25, 0.3) is 0 Å². The Morgan fingerprint density at radius 1 is 1.29 bits per heavy atom. The number of piperidine rings is 1. The second-order valence-electron chi connectivity index (χ2n) is 7.82. The van der Waals surface area contributed by atoms with Crippen molar-refractivity contribution in [2.24, 2.45) is 5.92 Å². The van der Waals surface area contributed by atoms with Gasteiger partial charge in [0.2, 0.25) is 0 Å². The van der Waals surface area contributed by atoms with Crippen LogP contribution in [-0.2, 0) is 20.5 Å². The summed E-state index contributed by atoms with van der Waals surface area (Å²) in [5, 5.41) is 12.0. The van der Waals surface area contributed by atoms with E-state index in [1.165, 1.54) is 11.0 Å². The van der Waals surface area contributed by atoms with E-state index in [1.807, 2.05) is 4.90 Å². The Kier molecular flexibility index (Phi) is 6.78. The molecule has 31 heavy (non-hydrogen) atoms. The van der Waals surface area contributed by atoms with Crippen LogP contribution >= 0.6 is 0 Å². The highest BCUT2D eigenvalue weighted by Crippen LogP contribution is 2.38. The standard InChI is InChI=1S/C21H26F3N3O4/c1-13-5-7-26(8-6-13)17-4-3-14(21(22,23)24)11-16(17)25-18-15(20(30)31-2)12-27(9-10-28)19(18)29/h3-4,11,13,25,28H,5-10,12H2,1-2H3. The molecular formula is C21H26F3N3O4. The maximum atomic E-state index is 13.4. The molecule has 2 N–H and O–H groups in total. The summed E-state index contributed by atoms with van der Waals surface area (Å²) < 4.78 is 44.9. The SMILES string of the molecule is COC(=O)C1=C(Nc2cc(C(F)(F)F)ccc2N2CCC(C)CC2)C(=O)N(CCO)C1. The molecule has 7 nitrogen and oxygen atoms in total. The van der Waals surface area contributed by atoms with E-state index in [-0.39, 0.29) is 36.7 Å². The Balaban J connectivity index is 2.02. The zero-order valence-corrected chi connectivity index (χ0v) is 17.5. The van der Waals surface area contributed by atoms with E-state index in [2.05, 4.69) is 12.2 Å². The van der Waals surface area contributed by atoms with Gasteiger partial charge < -0.3 is 25.0 Å². The number of hydrogen-bond donors (Lipinski definition) is 2. The first kappa shape index (κ1) is 22.9. The minimum Gasteiger partial charge on any atom is -0.466 e. The number of aliphatic hydroxyl groups is 1. The summed E-state index contributed by atoms with van der Waals surface area (Å²) in [7, 11) is 1.16. The minimum absolute atomic E-state index is 0.00995. The lowest BCUT2D eigenvalue weighted by atomic mass is 9.98. The van der Waals surface area contributed by atoms with Crippen molar-refractivity contribution >= 4 is 23.3 Å². The van der Waals surface area contributed by atoms with Crippen molar-refractivity contribution in [1.29, 1.82) is 0 Å². The molecule has 1 saturated heterocycles. The fraction of sp³-hybridized carbons (Fsp3) is 0.524. The summed E-state index contributed by atoms with van der Waals surface area (Å²) in [6.07, 6.45) is -2.76. The molecule has 0 aromatic heterocycles. The average molecular weight is 441 g/mol. The van der Waals surface area contributed by atoms with Crippen molar-refractivity contribution in [2.45, 2.75) is 25.9 Å². The zero-order valence-electron chi connectivity index (χ0n) is 17.5. The molecule has 0 saturated carbocycles. The number of esters is 1. The second-order valence-corrected chi connectivity index (χ2v) is 7.82. The number of halogens is 3. The van der Waals surface area contributed by atoms with Gasteiger partial charge in [0.05, 0.1) is 42.8 Å². The summed E-state index contributed by atoms with van der Waals surface area (Å²) in [5.41, 5.74) is -0.352. The van der Waals surface area contributed by atoms with Gasteiger partial charge in [-0.2, -0.15) is 13.2 Å². The Morgan fingerprint density at radius 3 is 2.55 bits per heavy atom. The number of alkyl halides is 3. The van der Waals surface area contributed by atoms with Crippen molar-refractivity contribution in [2.75, 3.05) is 50.1 Å². The van der Waals surface area contributed by atoms with E-state index in [9.17, 15) is 27.9 Å². The fourth-order valence-electron chi connectivity index (χ4n) is 3.82. The van der Waals surface area contributed by atoms with Crippen LogP contribution in [-0.4, -0.2) is 61.8 Å². The van der Waals surface area contributed by atoms with Gasteiger partial charge in [-0.25, -0.2) is 4.79 Å². The van der Waals surface area contributed by atoms with E-state index < -0.39 is 23.6 Å². The van der Waals surface area contributed by atoms with Gasteiger partial charge in [0.25, 0.3) is 5.91 Å². The highest BCUT2D eigenvalue weighted by molar-refractivity contribution is 6.09. The molecule has 2 aliphatic rings. The molecule has 170 valence electrons. The average Bonchev–Trinajstić information content (AvgIpc) is 3.03. The molecule has 0 atom stereocenters. The molecule has 3 rings (SSSR count). The van der Waals surface area contributed by atoms with E-state index in [4.69, 9.17) is 4.74 Å². The van der Waals surface area contributed by atoms with Crippen LogP contribution in [0.4, 0.5) is 24.5 Å². The molecule has 0 aliphatic carbocycles. The molecule has 1 aromatic carbocycles. The van der Waals surface area contributed by atoms with Crippen molar-refractivity contribution in [3.05, 3.63) is 35.0 Å². The molecule has 2 heterocycles. The van der Waals surface area contributed by atoms with Crippen LogP contribution in [0.1, 0.15) is 25.3 Å². The number of carbonyl (C=O) groups excluding carboxylic acids is 2. The number of nitrogens with zero attached hydrogens (tertiary/aromatic N) is 2. The number of methoxy groups -OCH3 is 1. The third-order valence-corrected chi connectivity index (χ3v) is 5.66. The molecule has 1 amide bonds. The third-order valence-electron chi connectivity index (χ3n) is 5.66. The quantitative estimate of drug-likeness (QED) is 0.661. The summed E-state index contributed by atoms with van der Waals surface area (Å²) in [4.78, 5) is 28.2. The summed E-state index contributed by atoms with van der Waals surface area (Å²) >= 11 is 0. The first-order chi connectivity index (χ1) is 14.7. The summed E-state index contributed by atoms with van der Waals surface area (Å²) in [6.45, 7) is 3.06. The first-order valence-electron chi connectivity index (χ1n) is 10.1. The molecule has 1 fully saturated rings. The van der Waals surface area contributed by atoms with E-state index in [1.54, 1.807) is 0 Å². The predicted molar refractivity (Wildman–Crippen MR) is 108 cm³/mol. The minimum atomic E-state index is -4.56. The lowest BCUT2D eigenvalue weighted by molar-refractivity contribution is -0.138. The van der Waals surface area contributed by atoms with Crippen LogP contribution in [0.5, 0.6) is 0 Å². The van der Waals surface area contributed by atoms with Crippen molar-refractivity contribution in [3.63, 3.8) is 0 Å². The number of aliphatic hydroxyl groups excluding tert-OH is 1. The van der Waals surface area contributed by atoms with Crippen LogP contribution in [0, 0.1) is 5.92 Å². The molecule has 10 heteroatoms. The van der Waals surface area contributed by atoms with Gasteiger partial charge in [0.15, 0.2) is 0 Å². The maximum Gasteiger partial charge on any atom is 0.416 e. The maximum absolute atomic E-state index is 13.4. The van der Waals surface area contributed by atoms with E-state index in [0.29, 0.717) is 24.7 Å². The number of rotatable bonds is 6. The number of carbonyl (C=O) groups is 2. The molecule has 2 aliphatic heterocycles. The Hall–Kier alpha value is -2.75. The third kappa shape index (κ3) is 4.95. The van der Waals surface area contributed by atoms with Gasteiger partial charge in [0.1, 0.15) is 5.70 Å². The lowest BCUT2D eigenvalue weighted by Gasteiger charge is -2.34. The fourth-order valence-corrected chi connectivity index (χ4v) is 3.82. The smallest absolute Gasteiger partial charge is 0.416 e. The van der Waals surface area contributed by atoms with Crippen LogP contribution in [0.2, 0.25) is 0 Å². The summed E-state index contributed by atoms with van der Waals surface area (Å²) in [6, 6.07) is 3.37. The number of amides is 1. The molecule has 0 radical (unpaired) electrons. The highest BCUT2D eigenvalue weighted by atomic mass is 19.4. The number of nitrogens with one attached hydrogen (secondary N) is 1. The van der Waals surface area contributed by atoms with Crippen molar-refractivity contribution < 1.29 is 32.6 Å². The molecule has 0 spiro atoms. The Labute approximate surface area is 178 Å². The van der Waals surface area contributed by atoms with Crippen LogP contribution < -0.4 is 10.2 Å².